The van der Waals surface area contributed by atoms with Crippen LogP contribution < -0.4 is 0 Å². The van der Waals surface area contributed by atoms with Gasteiger partial charge in [0.15, 0.2) is 11.8 Å². The Bertz CT molecular complexity index is 900. The van der Waals surface area contributed by atoms with E-state index in [4.69, 9.17) is 9.15 Å². The lowest BCUT2D eigenvalue weighted by Gasteiger charge is -2.30. The molecule has 3 aromatic rings. The molecule has 0 spiro atoms. The van der Waals surface area contributed by atoms with Gasteiger partial charge in [0.2, 0.25) is 11.8 Å². The first-order chi connectivity index (χ1) is 12.1. The Balaban J connectivity index is 1.55. The molecular weight excluding hydrogens is 322 g/mol. The number of benzene rings is 1. The van der Waals surface area contributed by atoms with Crippen molar-refractivity contribution < 1.29 is 13.9 Å². The molecule has 0 saturated carbocycles. The molecule has 2 aromatic heterocycles. The molecule has 1 unspecified atom stereocenters. The molecule has 1 N–H and O–H groups in total. The van der Waals surface area contributed by atoms with Gasteiger partial charge in [-0.1, -0.05) is 32.0 Å². The van der Waals surface area contributed by atoms with Crippen molar-refractivity contribution in [3.8, 4) is 0 Å². The number of amides is 1. The summed E-state index contributed by atoms with van der Waals surface area (Å²) in [5.74, 6) is 1.00. The SMILES string of the molecule is CC(C)c1nnc(C2CN(C(=O)c3n[nH]c4ccccc34)CCO2)o1. The number of aromatic nitrogens is 4. The molecule has 130 valence electrons. The highest BCUT2D eigenvalue weighted by Gasteiger charge is 2.31. The van der Waals surface area contributed by atoms with Crippen molar-refractivity contribution in [2.75, 3.05) is 19.7 Å². The Labute approximate surface area is 144 Å². The highest BCUT2D eigenvalue weighted by molar-refractivity contribution is 6.04. The lowest BCUT2D eigenvalue weighted by molar-refractivity contribution is -0.0352. The van der Waals surface area contributed by atoms with Crippen LogP contribution in [0, 0.1) is 0 Å². The zero-order valence-corrected chi connectivity index (χ0v) is 14.1. The minimum atomic E-state index is -0.414. The number of aromatic amines is 1. The number of morpholine rings is 1. The fraction of sp³-hybridized carbons (Fsp3) is 0.412. The smallest absolute Gasteiger partial charge is 0.275 e. The van der Waals surface area contributed by atoms with Crippen molar-refractivity contribution in [3.63, 3.8) is 0 Å². The van der Waals surface area contributed by atoms with E-state index < -0.39 is 6.10 Å². The molecule has 0 radical (unpaired) electrons. The van der Waals surface area contributed by atoms with Gasteiger partial charge in [-0.25, -0.2) is 0 Å². The quantitative estimate of drug-likeness (QED) is 0.785. The summed E-state index contributed by atoms with van der Waals surface area (Å²) in [5, 5.41) is 16.0. The maximum absolute atomic E-state index is 12.9. The summed E-state index contributed by atoms with van der Waals surface area (Å²) in [6.45, 7) is 5.24. The molecule has 1 aliphatic heterocycles. The summed E-state index contributed by atoms with van der Waals surface area (Å²) in [4.78, 5) is 14.6. The molecular formula is C17H19N5O3. The van der Waals surface area contributed by atoms with E-state index in [0.29, 0.717) is 37.2 Å². The Morgan fingerprint density at radius 3 is 2.96 bits per heavy atom. The average Bonchev–Trinajstić information content (AvgIpc) is 3.28. The number of rotatable bonds is 3. The number of hydrogen-bond donors (Lipinski definition) is 1. The number of carbonyl (C=O) groups excluding carboxylic acids is 1. The van der Waals surface area contributed by atoms with Gasteiger partial charge in [-0.3, -0.25) is 9.89 Å². The number of para-hydroxylation sites is 1. The van der Waals surface area contributed by atoms with Crippen molar-refractivity contribution in [2.45, 2.75) is 25.9 Å². The van der Waals surface area contributed by atoms with Crippen LogP contribution >= 0.6 is 0 Å². The molecule has 1 amide bonds. The fourth-order valence-corrected chi connectivity index (χ4v) is 2.87. The van der Waals surface area contributed by atoms with Crippen LogP contribution in [-0.4, -0.2) is 50.9 Å². The second-order valence-corrected chi connectivity index (χ2v) is 6.36. The van der Waals surface area contributed by atoms with Gasteiger partial charge < -0.3 is 14.1 Å². The van der Waals surface area contributed by atoms with Crippen LogP contribution in [0.1, 0.15) is 48.1 Å². The summed E-state index contributed by atoms with van der Waals surface area (Å²) >= 11 is 0. The maximum atomic E-state index is 12.9. The highest BCUT2D eigenvalue weighted by atomic mass is 16.5. The number of fused-ring (bicyclic) bond motifs is 1. The van der Waals surface area contributed by atoms with E-state index in [9.17, 15) is 4.79 Å². The second kappa shape index (κ2) is 6.29. The van der Waals surface area contributed by atoms with Crippen LogP contribution in [0.5, 0.6) is 0 Å². The van der Waals surface area contributed by atoms with Crippen LogP contribution in [0.4, 0.5) is 0 Å². The molecule has 8 nitrogen and oxygen atoms in total. The standard InChI is InChI=1S/C17H19N5O3/c1-10(2)15-20-21-16(25-15)13-9-22(7-8-24-13)17(23)14-11-5-3-4-6-12(11)18-19-14/h3-6,10,13H,7-9H2,1-2H3,(H,18,19). The van der Waals surface area contributed by atoms with Crippen molar-refractivity contribution in [3.05, 3.63) is 41.7 Å². The van der Waals surface area contributed by atoms with Gasteiger partial charge in [-0.15, -0.1) is 10.2 Å². The Morgan fingerprint density at radius 2 is 2.16 bits per heavy atom. The van der Waals surface area contributed by atoms with Gasteiger partial charge in [-0.05, 0) is 6.07 Å². The average molecular weight is 341 g/mol. The third-order valence-corrected chi connectivity index (χ3v) is 4.25. The van der Waals surface area contributed by atoms with Gasteiger partial charge in [-0.2, -0.15) is 5.10 Å². The molecule has 1 atom stereocenters. The lowest BCUT2D eigenvalue weighted by Crippen LogP contribution is -2.42. The van der Waals surface area contributed by atoms with E-state index in [0.717, 1.165) is 10.9 Å². The molecule has 8 heteroatoms. The first-order valence-corrected chi connectivity index (χ1v) is 8.30. The molecule has 4 rings (SSSR count). The monoisotopic (exact) mass is 341 g/mol. The molecule has 25 heavy (non-hydrogen) atoms. The van der Waals surface area contributed by atoms with Gasteiger partial charge in [0.25, 0.3) is 5.91 Å². The molecule has 1 fully saturated rings. The van der Waals surface area contributed by atoms with E-state index in [2.05, 4.69) is 20.4 Å². The summed E-state index contributed by atoms with van der Waals surface area (Å²) in [6, 6.07) is 7.58. The molecule has 3 heterocycles. The van der Waals surface area contributed by atoms with E-state index in [1.54, 1.807) is 4.90 Å². The fourth-order valence-electron chi connectivity index (χ4n) is 2.87. The van der Waals surface area contributed by atoms with Crippen LogP contribution in [0.15, 0.2) is 28.7 Å². The third kappa shape index (κ3) is 2.89. The number of H-pyrrole nitrogens is 1. The van der Waals surface area contributed by atoms with Gasteiger partial charge in [0.1, 0.15) is 0 Å². The van der Waals surface area contributed by atoms with Crippen molar-refractivity contribution in [1.82, 2.24) is 25.3 Å². The summed E-state index contributed by atoms with van der Waals surface area (Å²) in [5.41, 5.74) is 1.26. The normalized spacial score (nSPS) is 18.2. The second-order valence-electron chi connectivity index (χ2n) is 6.36. The van der Waals surface area contributed by atoms with E-state index in [1.807, 2.05) is 38.1 Å². The van der Waals surface area contributed by atoms with Crippen molar-refractivity contribution >= 4 is 16.8 Å². The van der Waals surface area contributed by atoms with Crippen LogP contribution in [0.2, 0.25) is 0 Å². The lowest BCUT2D eigenvalue weighted by atomic mass is 10.2. The Morgan fingerprint density at radius 1 is 1.32 bits per heavy atom. The summed E-state index contributed by atoms with van der Waals surface area (Å²) in [7, 11) is 0. The van der Waals surface area contributed by atoms with E-state index in [1.165, 1.54) is 0 Å². The third-order valence-electron chi connectivity index (χ3n) is 4.25. The van der Waals surface area contributed by atoms with Gasteiger partial charge in [0.05, 0.1) is 18.7 Å². The highest BCUT2D eigenvalue weighted by Crippen LogP contribution is 2.25. The first kappa shape index (κ1) is 15.8. The summed E-state index contributed by atoms with van der Waals surface area (Å²) < 4.78 is 11.4. The predicted octanol–water partition coefficient (Wildman–Crippen LogP) is 2.28. The van der Waals surface area contributed by atoms with Crippen LogP contribution in [-0.2, 0) is 4.74 Å². The zero-order chi connectivity index (χ0) is 17.4. The molecule has 1 aromatic carbocycles. The minimum Gasteiger partial charge on any atom is -0.422 e. The summed E-state index contributed by atoms with van der Waals surface area (Å²) in [6.07, 6.45) is -0.414. The predicted molar refractivity (Wildman–Crippen MR) is 89.1 cm³/mol. The van der Waals surface area contributed by atoms with Crippen molar-refractivity contribution in [2.24, 2.45) is 0 Å². The Kier molecular flexibility index (Phi) is 3.96. The molecule has 0 aliphatic carbocycles. The van der Waals surface area contributed by atoms with E-state index in [-0.39, 0.29) is 11.8 Å². The number of carbonyl (C=O) groups is 1. The molecule has 0 bridgehead atoms. The first-order valence-electron chi connectivity index (χ1n) is 8.30. The zero-order valence-electron chi connectivity index (χ0n) is 14.1. The Hall–Kier alpha value is -2.74. The van der Waals surface area contributed by atoms with Crippen LogP contribution in [0.25, 0.3) is 10.9 Å². The van der Waals surface area contributed by atoms with Crippen molar-refractivity contribution in [1.29, 1.82) is 0 Å². The van der Waals surface area contributed by atoms with Gasteiger partial charge >= 0.3 is 0 Å². The van der Waals surface area contributed by atoms with E-state index >= 15 is 0 Å². The number of hydrogen-bond acceptors (Lipinski definition) is 6. The largest absolute Gasteiger partial charge is 0.422 e. The topological polar surface area (TPSA) is 97.1 Å². The molecule has 1 aliphatic rings. The molecule has 1 saturated heterocycles. The van der Waals surface area contributed by atoms with Crippen LogP contribution in [0.3, 0.4) is 0 Å². The maximum Gasteiger partial charge on any atom is 0.275 e. The number of nitrogens with zero attached hydrogens (tertiary/aromatic N) is 4. The van der Waals surface area contributed by atoms with Gasteiger partial charge in [0, 0.05) is 17.8 Å². The number of nitrogens with one attached hydrogen (secondary N) is 1. The minimum absolute atomic E-state index is 0.130. The number of ether oxygens (including phenoxy) is 1.